The van der Waals surface area contributed by atoms with Crippen molar-refractivity contribution >= 4 is 22.9 Å². The Labute approximate surface area is 151 Å². The number of benzene rings is 2. The molecule has 3 rings (SSSR count). The molecule has 2 aromatic carbocycles. The summed E-state index contributed by atoms with van der Waals surface area (Å²) in [6, 6.07) is 8.30. The minimum atomic E-state index is -0.783. The molecule has 1 N–H and O–H groups in total. The van der Waals surface area contributed by atoms with Gasteiger partial charge >= 0.3 is 0 Å². The van der Waals surface area contributed by atoms with E-state index in [-0.39, 0.29) is 18.1 Å². The summed E-state index contributed by atoms with van der Waals surface area (Å²) in [6.45, 7) is 1.76. The minimum absolute atomic E-state index is 0.0180. The summed E-state index contributed by atoms with van der Waals surface area (Å²) in [5, 5.41) is 2.99. The first-order valence-corrected chi connectivity index (χ1v) is 8.34. The maximum absolute atomic E-state index is 13.2. The molecule has 26 heavy (non-hydrogen) atoms. The van der Waals surface area contributed by atoms with Gasteiger partial charge in [-0.2, -0.15) is 0 Å². The Hall–Kier alpha value is -2.87. The van der Waals surface area contributed by atoms with E-state index in [0.717, 1.165) is 29.5 Å². The van der Waals surface area contributed by atoms with Gasteiger partial charge in [0.2, 0.25) is 0 Å². The normalized spacial score (nSPS) is 10.6. The highest BCUT2D eigenvalue weighted by Crippen LogP contribution is 2.22. The molecule has 1 amide bonds. The number of hydrogen-bond donors (Lipinski definition) is 1. The van der Waals surface area contributed by atoms with Crippen LogP contribution < -0.4 is 10.1 Å². The Morgan fingerprint density at radius 1 is 1.08 bits per heavy atom. The van der Waals surface area contributed by atoms with E-state index in [1.807, 2.05) is 0 Å². The molecule has 0 saturated heterocycles. The Balaban J connectivity index is 1.68. The smallest absolute Gasteiger partial charge is 0.267 e. The number of ether oxygens (including phenoxy) is 1. The highest BCUT2D eigenvalue weighted by molar-refractivity contribution is 7.13. The molecule has 8 heteroatoms. The van der Waals surface area contributed by atoms with Gasteiger partial charge in [-0.1, -0.05) is 0 Å². The van der Waals surface area contributed by atoms with E-state index in [0.29, 0.717) is 21.3 Å². The molecule has 4 nitrogen and oxygen atoms in total. The van der Waals surface area contributed by atoms with Crippen molar-refractivity contribution < 1.29 is 22.7 Å². The molecule has 0 spiro atoms. The number of carbonyl (C=O) groups is 1. The lowest BCUT2D eigenvalue weighted by Crippen LogP contribution is -2.11. The number of nitrogens with one attached hydrogen (secondary N) is 1. The average Bonchev–Trinajstić information content (AvgIpc) is 2.94. The summed E-state index contributed by atoms with van der Waals surface area (Å²) < 4.78 is 44.8. The van der Waals surface area contributed by atoms with Crippen molar-refractivity contribution in [3.63, 3.8) is 0 Å². The summed E-state index contributed by atoms with van der Waals surface area (Å²) in [6.07, 6.45) is 0. The first-order chi connectivity index (χ1) is 12.4. The highest BCUT2D eigenvalue weighted by atomic mass is 32.1. The van der Waals surface area contributed by atoms with Gasteiger partial charge in [0.15, 0.2) is 0 Å². The van der Waals surface area contributed by atoms with Crippen molar-refractivity contribution in [3.8, 4) is 5.75 Å². The van der Waals surface area contributed by atoms with Crippen LogP contribution in [0.1, 0.15) is 20.4 Å². The van der Waals surface area contributed by atoms with Gasteiger partial charge in [0.1, 0.15) is 39.7 Å². The van der Waals surface area contributed by atoms with Gasteiger partial charge in [0, 0.05) is 11.8 Å². The summed E-state index contributed by atoms with van der Waals surface area (Å²) in [4.78, 5) is 16.9. The fraction of sp³-hybridized carbons (Fsp3) is 0.111. The van der Waals surface area contributed by atoms with Gasteiger partial charge in [-0.05, 0) is 43.3 Å². The second-order valence-corrected chi connectivity index (χ2v) is 6.46. The van der Waals surface area contributed by atoms with Crippen LogP contribution in [0.3, 0.4) is 0 Å². The summed E-state index contributed by atoms with van der Waals surface area (Å²) in [5.41, 5.74) is 0.492. The SMILES string of the molecule is Cc1nc(COc2ccc(F)cc2)sc1C(=O)Nc1cc(F)cc(F)c1. The van der Waals surface area contributed by atoms with Crippen LogP contribution >= 0.6 is 11.3 Å². The van der Waals surface area contributed by atoms with Gasteiger partial charge in [-0.3, -0.25) is 4.79 Å². The number of aromatic nitrogens is 1. The topological polar surface area (TPSA) is 51.2 Å². The highest BCUT2D eigenvalue weighted by Gasteiger charge is 2.16. The molecule has 0 unspecified atom stereocenters. The quantitative estimate of drug-likeness (QED) is 0.700. The van der Waals surface area contributed by atoms with Gasteiger partial charge < -0.3 is 10.1 Å². The van der Waals surface area contributed by atoms with E-state index in [2.05, 4.69) is 10.3 Å². The number of anilines is 1. The van der Waals surface area contributed by atoms with Gasteiger partial charge in [-0.15, -0.1) is 11.3 Å². The van der Waals surface area contributed by atoms with Crippen molar-refractivity contribution in [1.82, 2.24) is 4.98 Å². The lowest BCUT2D eigenvalue weighted by molar-refractivity contribution is 0.103. The van der Waals surface area contributed by atoms with Gasteiger partial charge in [0.25, 0.3) is 5.91 Å². The van der Waals surface area contributed by atoms with E-state index in [1.54, 1.807) is 6.92 Å². The van der Waals surface area contributed by atoms with Crippen molar-refractivity contribution in [2.45, 2.75) is 13.5 Å². The van der Waals surface area contributed by atoms with Crippen molar-refractivity contribution in [3.05, 3.63) is 75.5 Å². The summed E-state index contributed by atoms with van der Waals surface area (Å²) in [7, 11) is 0. The van der Waals surface area contributed by atoms with Crippen LogP contribution in [0.15, 0.2) is 42.5 Å². The summed E-state index contributed by atoms with van der Waals surface area (Å²) >= 11 is 1.11. The average molecular weight is 378 g/mol. The number of rotatable bonds is 5. The molecule has 0 atom stereocenters. The van der Waals surface area contributed by atoms with Crippen LogP contribution in [-0.4, -0.2) is 10.9 Å². The molecule has 1 aromatic heterocycles. The van der Waals surface area contributed by atoms with E-state index >= 15 is 0 Å². The molecule has 0 radical (unpaired) electrons. The van der Waals surface area contributed by atoms with Crippen LogP contribution in [0.5, 0.6) is 5.75 Å². The Morgan fingerprint density at radius 2 is 1.73 bits per heavy atom. The third-order valence-corrected chi connectivity index (χ3v) is 4.47. The van der Waals surface area contributed by atoms with Crippen LogP contribution in [-0.2, 0) is 6.61 Å². The van der Waals surface area contributed by atoms with Crippen LogP contribution in [0.2, 0.25) is 0 Å². The molecular weight excluding hydrogens is 365 g/mol. The van der Waals surface area contributed by atoms with E-state index in [9.17, 15) is 18.0 Å². The van der Waals surface area contributed by atoms with Crippen molar-refractivity contribution in [2.75, 3.05) is 5.32 Å². The first kappa shape index (κ1) is 17.9. The maximum Gasteiger partial charge on any atom is 0.267 e. The largest absolute Gasteiger partial charge is 0.486 e. The van der Waals surface area contributed by atoms with Crippen LogP contribution in [0.4, 0.5) is 18.9 Å². The van der Waals surface area contributed by atoms with Gasteiger partial charge in [-0.25, -0.2) is 18.2 Å². The van der Waals surface area contributed by atoms with Crippen LogP contribution in [0, 0.1) is 24.4 Å². The number of aryl methyl sites for hydroxylation is 1. The lowest BCUT2D eigenvalue weighted by Gasteiger charge is -2.04. The number of nitrogens with zero attached hydrogens (tertiary/aromatic N) is 1. The number of amides is 1. The molecule has 0 fully saturated rings. The predicted molar refractivity (Wildman–Crippen MR) is 91.9 cm³/mol. The molecular formula is C18H13F3N2O2S. The van der Waals surface area contributed by atoms with E-state index in [4.69, 9.17) is 4.74 Å². The molecule has 0 bridgehead atoms. The number of hydrogen-bond acceptors (Lipinski definition) is 4. The second kappa shape index (κ2) is 7.57. The van der Waals surface area contributed by atoms with Gasteiger partial charge in [0.05, 0.1) is 5.69 Å². The number of thiazole rings is 1. The Bertz CT molecular complexity index is 922. The lowest BCUT2D eigenvalue weighted by atomic mass is 10.3. The molecule has 3 aromatic rings. The van der Waals surface area contributed by atoms with Crippen molar-refractivity contribution in [2.24, 2.45) is 0 Å². The summed E-state index contributed by atoms with van der Waals surface area (Å²) in [5.74, 6) is -1.97. The minimum Gasteiger partial charge on any atom is -0.486 e. The second-order valence-electron chi connectivity index (χ2n) is 5.38. The zero-order chi connectivity index (χ0) is 18.7. The molecule has 134 valence electrons. The van der Waals surface area contributed by atoms with Crippen LogP contribution in [0.25, 0.3) is 0 Å². The van der Waals surface area contributed by atoms with Crippen molar-refractivity contribution in [1.29, 1.82) is 0 Å². The van der Waals surface area contributed by atoms with E-state index < -0.39 is 17.5 Å². The number of carbonyl (C=O) groups excluding carboxylic acids is 1. The third-order valence-electron chi connectivity index (χ3n) is 3.34. The Kier molecular flexibility index (Phi) is 5.22. The zero-order valence-corrected chi connectivity index (χ0v) is 14.4. The monoisotopic (exact) mass is 378 g/mol. The molecule has 0 saturated carbocycles. The zero-order valence-electron chi connectivity index (χ0n) is 13.6. The predicted octanol–water partition coefficient (Wildman–Crippen LogP) is 4.70. The fourth-order valence-corrected chi connectivity index (χ4v) is 3.09. The standard InChI is InChI=1S/C18H13F3N2O2S/c1-10-17(18(24)23-14-7-12(20)6-13(21)8-14)26-16(22-10)9-25-15-4-2-11(19)3-5-15/h2-8H,9H2,1H3,(H,23,24). The molecule has 0 aliphatic heterocycles. The van der Waals surface area contributed by atoms with E-state index in [1.165, 1.54) is 24.3 Å². The first-order valence-electron chi connectivity index (χ1n) is 7.53. The Morgan fingerprint density at radius 3 is 2.38 bits per heavy atom. The third kappa shape index (κ3) is 4.40. The maximum atomic E-state index is 13.2. The molecule has 0 aliphatic carbocycles. The number of halogens is 3. The molecule has 1 heterocycles. The molecule has 0 aliphatic rings. The fourth-order valence-electron chi connectivity index (χ4n) is 2.21.